The molecular formula is C21H19BrClN5O2S. The Balaban J connectivity index is 1.60. The highest BCUT2D eigenvalue weighted by atomic mass is 79.9. The van der Waals surface area contributed by atoms with E-state index in [4.69, 9.17) is 11.6 Å². The van der Waals surface area contributed by atoms with Gasteiger partial charge in [-0.05, 0) is 46.3 Å². The van der Waals surface area contributed by atoms with Crippen LogP contribution < -0.4 is 10.6 Å². The summed E-state index contributed by atoms with van der Waals surface area (Å²) in [5.74, 6) is 0.317. The Kier molecular flexibility index (Phi) is 8.27. The molecule has 10 heteroatoms. The van der Waals surface area contributed by atoms with E-state index in [1.165, 1.54) is 11.8 Å². The molecule has 3 rings (SSSR count). The van der Waals surface area contributed by atoms with Crippen LogP contribution in [0.4, 0.5) is 5.69 Å². The second kappa shape index (κ2) is 11.1. The van der Waals surface area contributed by atoms with Crippen molar-refractivity contribution in [1.29, 1.82) is 0 Å². The van der Waals surface area contributed by atoms with Crippen molar-refractivity contribution in [2.45, 2.75) is 18.2 Å². The zero-order chi connectivity index (χ0) is 22.2. The molecule has 0 aliphatic rings. The number of anilines is 1. The first kappa shape index (κ1) is 23.1. The second-order valence-corrected chi connectivity index (χ2v) is 8.52. The number of carbonyl (C=O) groups excluding carboxylic acids is 2. The van der Waals surface area contributed by atoms with Crippen LogP contribution in [-0.2, 0) is 17.9 Å². The highest BCUT2D eigenvalue weighted by Gasteiger charge is 2.15. The third-order valence-corrected chi connectivity index (χ3v) is 6.28. The summed E-state index contributed by atoms with van der Waals surface area (Å²) >= 11 is 10.6. The molecule has 0 radical (unpaired) electrons. The highest BCUT2D eigenvalue weighted by Crippen LogP contribution is 2.26. The Hall–Kier alpha value is -2.62. The van der Waals surface area contributed by atoms with Gasteiger partial charge >= 0.3 is 0 Å². The summed E-state index contributed by atoms with van der Waals surface area (Å²) < 4.78 is 2.57. The lowest BCUT2D eigenvalue weighted by molar-refractivity contribution is -0.113. The van der Waals surface area contributed by atoms with E-state index in [0.717, 1.165) is 4.47 Å². The normalized spacial score (nSPS) is 10.5. The fourth-order valence-electron chi connectivity index (χ4n) is 2.62. The number of hydrogen-bond acceptors (Lipinski definition) is 5. The van der Waals surface area contributed by atoms with Gasteiger partial charge in [0.25, 0.3) is 5.91 Å². The van der Waals surface area contributed by atoms with Gasteiger partial charge < -0.3 is 15.2 Å². The van der Waals surface area contributed by atoms with E-state index in [0.29, 0.717) is 33.8 Å². The number of aromatic nitrogens is 3. The van der Waals surface area contributed by atoms with Crippen molar-refractivity contribution in [3.8, 4) is 0 Å². The van der Waals surface area contributed by atoms with Gasteiger partial charge in [0.1, 0.15) is 0 Å². The lowest BCUT2D eigenvalue weighted by atomic mass is 10.2. The first-order chi connectivity index (χ1) is 15.0. The number of carbonyl (C=O) groups is 2. The average Bonchev–Trinajstić information content (AvgIpc) is 3.15. The SMILES string of the molecule is C=CCn1c(CNC(=O)c2ccccc2)nnc1SCC(=O)Nc1ccc(Br)c(Cl)c1. The third-order valence-electron chi connectivity index (χ3n) is 4.08. The molecular weight excluding hydrogens is 502 g/mol. The Morgan fingerprint density at radius 2 is 1.97 bits per heavy atom. The first-order valence-corrected chi connectivity index (χ1v) is 11.4. The molecule has 0 aliphatic carbocycles. The molecule has 0 fully saturated rings. The summed E-state index contributed by atoms with van der Waals surface area (Å²) in [7, 11) is 0. The summed E-state index contributed by atoms with van der Waals surface area (Å²) in [5, 5.41) is 15.0. The molecule has 160 valence electrons. The van der Waals surface area contributed by atoms with Gasteiger partial charge in [0.15, 0.2) is 11.0 Å². The summed E-state index contributed by atoms with van der Waals surface area (Å²) in [5.41, 5.74) is 1.17. The van der Waals surface area contributed by atoms with Crippen LogP contribution in [0.2, 0.25) is 5.02 Å². The van der Waals surface area contributed by atoms with Gasteiger partial charge in [-0.1, -0.05) is 47.6 Å². The number of amides is 2. The van der Waals surface area contributed by atoms with Crippen LogP contribution in [-0.4, -0.2) is 32.3 Å². The molecule has 2 aromatic carbocycles. The summed E-state index contributed by atoms with van der Waals surface area (Å²) in [6.07, 6.45) is 1.71. The topological polar surface area (TPSA) is 88.9 Å². The molecule has 0 aliphatic heterocycles. The molecule has 3 aromatic rings. The molecule has 7 nitrogen and oxygen atoms in total. The van der Waals surface area contributed by atoms with E-state index >= 15 is 0 Å². The zero-order valence-electron chi connectivity index (χ0n) is 16.3. The largest absolute Gasteiger partial charge is 0.345 e. The first-order valence-electron chi connectivity index (χ1n) is 9.22. The minimum atomic E-state index is -0.199. The molecule has 0 unspecified atom stereocenters. The molecule has 0 saturated heterocycles. The van der Waals surface area contributed by atoms with Gasteiger partial charge in [0, 0.05) is 22.3 Å². The van der Waals surface area contributed by atoms with Crippen LogP contribution >= 0.6 is 39.3 Å². The fraction of sp³-hybridized carbons (Fsp3) is 0.143. The van der Waals surface area contributed by atoms with Crippen molar-refractivity contribution in [2.75, 3.05) is 11.1 Å². The van der Waals surface area contributed by atoms with E-state index in [-0.39, 0.29) is 24.1 Å². The second-order valence-electron chi connectivity index (χ2n) is 6.31. The Bertz CT molecular complexity index is 1090. The summed E-state index contributed by atoms with van der Waals surface area (Å²) in [6.45, 7) is 4.42. The Labute approximate surface area is 197 Å². The van der Waals surface area contributed by atoms with Gasteiger partial charge in [-0.3, -0.25) is 9.59 Å². The minimum absolute atomic E-state index is 0.138. The third kappa shape index (κ3) is 6.43. The fourth-order valence-corrected chi connectivity index (χ4v) is 3.81. The Morgan fingerprint density at radius 1 is 1.19 bits per heavy atom. The standard InChI is InChI=1S/C21H19BrClN5O2S/c1-2-10-28-18(12-24-20(30)14-6-4-3-5-7-14)26-27-21(28)31-13-19(29)25-15-8-9-16(22)17(23)11-15/h2-9,11H,1,10,12-13H2,(H,24,30)(H,25,29). The maximum Gasteiger partial charge on any atom is 0.251 e. The van der Waals surface area contributed by atoms with Crippen LogP contribution in [0.15, 0.2) is 70.8 Å². The number of thioether (sulfide) groups is 1. The molecule has 31 heavy (non-hydrogen) atoms. The molecule has 2 amide bonds. The molecule has 0 saturated carbocycles. The number of benzene rings is 2. The summed E-state index contributed by atoms with van der Waals surface area (Å²) in [4.78, 5) is 24.6. The van der Waals surface area contributed by atoms with Crippen molar-refractivity contribution in [3.63, 3.8) is 0 Å². The highest BCUT2D eigenvalue weighted by molar-refractivity contribution is 9.10. The van der Waals surface area contributed by atoms with E-state index in [9.17, 15) is 9.59 Å². The van der Waals surface area contributed by atoms with Crippen LogP contribution in [0.1, 0.15) is 16.2 Å². The van der Waals surface area contributed by atoms with E-state index in [1.807, 2.05) is 10.6 Å². The Morgan fingerprint density at radius 3 is 2.68 bits per heavy atom. The molecule has 0 atom stereocenters. The van der Waals surface area contributed by atoms with Crippen molar-refractivity contribution < 1.29 is 9.59 Å². The lowest BCUT2D eigenvalue weighted by Crippen LogP contribution is -2.24. The predicted molar refractivity (Wildman–Crippen MR) is 126 cm³/mol. The lowest BCUT2D eigenvalue weighted by Gasteiger charge is -2.09. The number of nitrogens with one attached hydrogen (secondary N) is 2. The zero-order valence-corrected chi connectivity index (χ0v) is 19.5. The summed E-state index contributed by atoms with van der Waals surface area (Å²) in [6, 6.07) is 14.1. The smallest absolute Gasteiger partial charge is 0.251 e. The van der Waals surface area contributed by atoms with Crippen LogP contribution in [0.25, 0.3) is 0 Å². The average molecular weight is 521 g/mol. The molecule has 0 bridgehead atoms. The van der Waals surface area contributed by atoms with Crippen molar-refractivity contribution in [3.05, 3.63) is 82.1 Å². The maximum atomic E-state index is 12.3. The maximum absolute atomic E-state index is 12.3. The van der Waals surface area contributed by atoms with Crippen LogP contribution in [0.5, 0.6) is 0 Å². The predicted octanol–water partition coefficient (Wildman–Crippen LogP) is 4.54. The number of allylic oxidation sites excluding steroid dienone is 1. The number of hydrogen-bond donors (Lipinski definition) is 2. The van der Waals surface area contributed by atoms with Gasteiger partial charge in [-0.25, -0.2) is 0 Å². The van der Waals surface area contributed by atoms with Gasteiger partial charge in [0.2, 0.25) is 5.91 Å². The monoisotopic (exact) mass is 519 g/mol. The van der Waals surface area contributed by atoms with Gasteiger partial charge in [-0.2, -0.15) is 0 Å². The number of nitrogens with zero attached hydrogens (tertiary/aromatic N) is 3. The number of halogens is 2. The minimum Gasteiger partial charge on any atom is -0.345 e. The van der Waals surface area contributed by atoms with Crippen LogP contribution in [0.3, 0.4) is 0 Å². The quantitative estimate of drug-likeness (QED) is 0.319. The van der Waals surface area contributed by atoms with Crippen molar-refractivity contribution in [1.82, 2.24) is 20.1 Å². The van der Waals surface area contributed by atoms with Crippen molar-refractivity contribution >= 4 is 56.8 Å². The van der Waals surface area contributed by atoms with Crippen LogP contribution in [0, 0.1) is 0 Å². The van der Waals surface area contributed by atoms with E-state index < -0.39 is 0 Å². The van der Waals surface area contributed by atoms with Crippen molar-refractivity contribution in [2.24, 2.45) is 0 Å². The molecule has 2 N–H and O–H groups in total. The van der Waals surface area contributed by atoms with Gasteiger partial charge in [-0.15, -0.1) is 16.8 Å². The van der Waals surface area contributed by atoms with E-state index in [1.54, 1.807) is 48.5 Å². The van der Waals surface area contributed by atoms with E-state index in [2.05, 4.69) is 43.3 Å². The van der Waals surface area contributed by atoms with Gasteiger partial charge in [0.05, 0.1) is 17.3 Å². The number of rotatable bonds is 9. The molecule has 1 heterocycles. The molecule has 0 spiro atoms. The molecule has 1 aromatic heterocycles.